The molecule has 0 aromatic carbocycles. The van der Waals surface area contributed by atoms with Gasteiger partial charge in [0.2, 0.25) is 0 Å². The lowest BCUT2D eigenvalue weighted by molar-refractivity contribution is 0.0370. The van der Waals surface area contributed by atoms with E-state index in [0.29, 0.717) is 0 Å². The van der Waals surface area contributed by atoms with Crippen LogP contribution in [-0.2, 0) is 9.57 Å². The van der Waals surface area contributed by atoms with Gasteiger partial charge < -0.3 is 9.57 Å². The van der Waals surface area contributed by atoms with E-state index in [1.807, 2.05) is 6.92 Å². The van der Waals surface area contributed by atoms with Crippen molar-refractivity contribution in [3.8, 4) is 0 Å². The van der Waals surface area contributed by atoms with Gasteiger partial charge in [-0.15, -0.1) is 0 Å². The van der Waals surface area contributed by atoms with Crippen molar-refractivity contribution in [3.63, 3.8) is 0 Å². The molecule has 0 radical (unpaired) electrons. The summed E-state index contributed by atoms with van der Waals surface area (Å²) in [7, 11) is 3.25. The molecular formula is C5H13NO2. The van der Waals surface area contributed by atoms with Crippen LogP contribution in [0.5, 0.6) is 0 Å². The van der Waals surface area contributed by atoms with E-state index in [9.17, 15) is 0 Å². The van der Waals surface area contributed by atoms with Crippen LogP contribution >= 0.6 is 0 Å². The van der Waals surface area contributed by atoms with E-state index in [-0.39, 0.29) is 6.10 Å². The van der Waals surface area contributed by atoms with Crippen LogP contribution < -0.4 is 5.48 Å². The van der Waals surface area contributed by atoms with Crippen LogP contribution in [0.4, 0.5) is 0 Å². The van der Waals surface area contributed by atoms with Crippen molar-refractivity contribution in [2.45, 2.75) is 13.0 Å². The monoisotopic (exact) mass is 119 g/mol. The number of rotatable bonds is 4. The number of ether oxygens (including phenoxy) is 1. The molecule has 8 heavy (non-hydrogen) atoms. The van der Waals surface area contributed by atoms with Gasteiger partial charge in [-0.1, -0.05) is 0 Å². The third-order valence-electron chi connectivity index (χ3n) is 0.917. The molecule has 3 nitrogen and oxygen atoms in total. The second-order valence-corrected chi connectivity index (χ2v) is 1.60. The summed E-state index contributed by atoms with van der Waals surface area (Å²) in [5.74, 6) is 0. The standard InChI is InChI=1S/C5H13NO2/c1-5(7-2)4-6-8-3/h5-6H,4H2,1-3H3. The fourth-order valence-corrected chi connectivity index (χ4v) is 0.284. The van der Waals surface area contributed by atoms with Crippen LogP contribution in [0.25, 0.3) is 0 Å². The number of hydroxylamine groups is 1. The van der Waals surface area contributed by atoms with E-state index in [2.05, 4.69) is 10.3 Å². The highest BCUT2D eigenvalue weighted by Crippen LogP contribution is 1.81. The third-order valence-corrected chi connectivity index (χ3v) is 0.917. The average Bonchev–Trinajstić information content (AvgIpc) is 1.83. The van der Waals surface area contributed by atoms with Crippen LogP contribution in [0.1, 0.15) is 6.92 Å². The molecule has 3 heteroatoms. The second kappa shape index (κ2) is 5.03. The Morgan fingerprint density at radius 3 is 2.50 bits per heavy atom. The van der Waals surface area contributed by atoms with Crippen molar-refractivity contribution in [3.05, 3.63) is 0 Å². The molecule has 0 aromatic rings. The summed E-state index contributed by atoms with van der Waals surface area (Å²) in [5, 5.41) is 0. The van der Waals surface area contributed by atoms with Gasteiger partial charge in [-0.2, -0.15) is 0 Å². The highest BCUT2D eigenvalue weighted by Gasteiger charge is 1.94. The smallest absolute Gasteiger partial charge is 0.0690 e. The molecule has 0 amide bonds. The Labute approximate surface area is 49.9 Å². The maximum absolute atomic E-state index is 4.91. The Kier molecular flexibility index (Phi) is 4.95. The molecule has 0 rings (SSSR count). The summed E-state index contributed by atoms with van der Waals surface area (Å²) < 4.78 is 4.91. The fourth-order valence-electron chi connectivity index (χ4n) is 0.284. The first-order valence-electron chi connectivity index (χ1n) is 2.60. The molecule has 50 valence electrons. The van der Waals surface area contributed by atoms with Gasteiger partial charge in [0, 0.05) is 13.7 Å². The molecule has 0 aliphatic heterocycles. The van der Waals surface area contributed by atoms with E-state index >= 15 is 0 Å². The Bertz CT molecular complexity index is 49.7. The highest BCUT2D eigenvalue weighted by atomic mass is 16.6. The maximum Gasteiger partial charge on any atom is 0.0690 e. The zero-order valence-corrected chi connectivity index (χ0v) is 5.60. The van der Waals surface area contributed by atoms with Gasteiger partial charge in [0.25, 0.3) is 0 Å². The van der Waals surface area contributed by atoms with Gasteiger partial charge in [0.05, 0.1) is 13.2 Å². The second-order valence-electron chi connectivity index (χ2n) is 1.60. The molecule has 1 atom stereocenters. The van der Waals surface area contributed by atoms with Gasteiger partial charge >= 0.3 is 0 Å². The largest absolute Gasteiger partial charge is 0.380 e. The molecule has 0 saturated heterocycles. The number of hydrogen-bond donors (Lipinski definition) is 1. The maximum atomic E-state index is 4.91. The summed E-state index contributed by atoms with van der Waals surface area (Å²) in [6.07, 6.45) is 0.218. The molecule has 0 heterocycles. The minimum atomic E-state index is 0.218. The SMILES string of the molecule is CONCC(C)OC. The summed E-state index contributed by atoms with van der Waals surface area (Å²) in [4.78, 5) is 4.58. The Morgan fingerprint density at radius 2 is 2.12 bits per heavy atom. The molecule has 1 unspecified atom stereocenters. The van der Waals surface area contributed by atoms with Gasteiger partial charge in [-0.05, 0) is 6.92 Å². The molecular weight excluding hydrogens is 106 g/mol. The quantitative estimate of drug-likeness (QED) is 0.535. The van der Waals surface area contributed by atoms with E-state index < -0.39 is 0 Å². The summed E-state index contributed by atoms with van der Waals surface area (Å²) in [6, 6.07) is 0. The van der Waals surface area contributed by atoms with Crippen molar-refractivity contribution >= 4 is 0 Å². The van der Waals surface area contributed by atoms with Gasteiger partial charge in [0.1, 0.15) is 0 Å². The number of methoxy groups -OCH3 is 1. The third kappa shape index (κ3) is 4.05. The summed E-state index contributed by atoms with van der Waals surface area (Å²) >= 11 is 0. The normalized spacial score (nSPS) is 13.9. The molecule has 0 aliphatic carbocycles. The van der Waals surface area contributed by atoms with Gasteiger partial charge in [-0.25, -0.2) is 5.48 Å². The first-order valence-corrected chi connectivity index (χ1v) is 2.60. The lowest BCUT2D eigenvalue weighted by atomic mass is 10.4. The average molecular weight is 119 g/mol. The van der Waals surface area contributed by atoms with Gasteiger partial charge in [-0.3, -0.25) is 0 Å². The van der Waals surface area contributed by atoms with E-state index in [4.69, 9.17) is 4.74 Å². The van der Waals surface area contributed by atoms with E-state index in [0.717, 1.165) is 6.54 Å². The van der Waals surface area contributed by atoms with Crippen LogP contribution in [0.2, 0.25) is 0 Å². The van der Waals surface area contributed by atoms with Crippen LogP contribution in [-0.4, -0.2) is 26.9 Å². The zero-order chi connectivity index (χ0) is 6.41. The fraction of sp³-hybridized carbons (Fsp3) is 1.00. The van der Waals surface area contributed by atoms with Crippen LogP contribution in [0.3, 0.4) is 0 Å². The highest BCUT2D eigenvalue weighted by molar-refractivity contribution is 4.46. The Morgan fingerprint density at radius 1 is 1.50 bits per heavy atom. The lowest BCUT2D eigenvalue weighted by Gasteiger charge is -2.07. The topological polar surface area (TPSA) is 30.5 Å². The molecule has 0 aliphatic rings. The molecule has 0 bridgehead atoms. The van der Waals surface area contributed by atoms with Crippen molar-refractivity contribution in [1.82, 2.24) is 5.48 Å². The molecule has 1 N–H and O–H groups in total. The predicted octanol–water partition coefficient (Wildman–Crippen LogP) is 0.172. The minimum Gasteiger partial charge on any atom is -0.380 e. The summed E-state index contributed by atoms with van der Waals surface area (Å²) in [6.45, 7) is 2.69. The van der Waals surface area contributed by atoms with Crippen molar-refractivity contribution in [2.75, 3.05) is 20.8 Å². The lowest BCUT2D eigenvalue weighted by Crippen LogP contribution is -2.24. The molecule has 0 fully saturated rings. The van der Waals surface area contributed by atoms with Crippen LogP contribution in [0.15, 0.2) is 0 Å². The van der Waals surface area contributed by atoms with Crippen molar-refractivity contribution < 1.29 is 9.57 Å². The minimum absolute atomic E-state index is 0.218. The first-order chi connectivity index (χ1) is 3.81. The Hall–Kier alpha value is -0.120. The molecule has 0 spiro atoms. The first kappa shape index (κ1) is 7.88. The van der Waals surface area contributed by atoms with E-state index in [1.165, 1.54) is 0 Å². The zero-order valence-electron chi connectivity index (χ0n) is 5.60. The Balaban J connectivity index is 2.86. The number of nitrogens with one attached hydrogen (secondary N) is 1. The molecule has 0 aromatic heterocycles. The van der Waals surface area contributed by atoms with Crippen molar-refractivity contribution in [2.24, 2.45) is 0 Å². The van der Waals surface area contributed by atoms with Crippen LogP contribution in [0, 0.1) is 0 Å². The van der Waals surface area contributed by atoms with E-state index in [1.54, 1.807) is 14.2 Å². The predicted molar refractivity (Wildman–Crippen MR) is 31.5 cm³/mol. The summed E-state index contributed by atoms with van der Waals surface area (Å²) in [5.41, 5.74) is 2.67. The van der Waals surface area contributed by atoms with Gasteiger partial charge in [0.15, 0.2) is 0 Å². The number of hydrogen-bond acceptors (Lipinski definition) is 3. The van der Waals surface area contributed by atoms with Crippen molar-refractivity contribution in [1.29, 1.82) is 0 Å². The molecule has 0 saturated carbocycles.